The van der Waals surface area contributed by atoms with Crippen LogP contribution < -0.4 is 15.4 Å². The van der Waals surface area contributed by atoms with Crippen LogP contribution in [0.5, 0.6) is 5.88 Å². The van der Waals surface area contributed by atoms with E-state index in [2.05, 4.69) is 15.6 Å². The molecule has 1 amide bonds. The third-order valence-electron chi connectivity index (χ3n) is 5.73. The van der Waals surface area contributed by atoms with E-state index in [0.717, 1.165) is 54.4 Å². The summed E-state index contributed by atoms with van der Waals surface area (Å²) in [5.41, 5.74) is 3.37. The minimum Gasteiger partial charge on any atom is -0.480 e. The van der Waals surface area contributed by atoms with Gasteiger partial charge < -0.3 is 20.5 Å². The Kier molecular flexibility index (Phi) is 7.82. The first kappa shape index (κ1) is 24.5. The van der Waals surface area contributed by atoms with Crippen LogP contribution in [0, 0.1) is 5.82 Å². The van der Waals surface area contributed by atoms with Crippen molar-refractivity contribution in [1.29, 1.82) is 0 Å². The first-order valence-corrected chi connectivity index (χ1v) is 11.7. The van der Waals surface area contributed by atoms with Crippen LogP contribution >= 0.6 is 11.6 Å². The lowest BCUT2D eigenvalue weighted by Crippen LogP contribution is -2.42. The van der Waals surface area contributed by atoms with Gasteiger partial charge in [-0.1, -0.05) is 41.9 Å². The number of carbonyl (C=O) groups is 2. The summed E-state index contributed by atoms with van der Waals surface area (Å²) in [6, 6.07) is 14.2. The van der Waals surface area contributed by atoms with Gasteiger partial charge in [0.2, 0.25) is 5.88 Å². The zero-order valence-corrected chi connectivity index (χ0v) is 19.6. The Bertz CT molecular complexity index is 1200. The van der Waals surface area contributed by atoms with E-state index in [1.165, 1.54) is 12.1 Å². The fourth-order valence-corrected chi connectivity index (χ4v) is 4.14. The highest BCUT2D eigenvalue weighted by atomic mass is 35.5. The first-order chi connectivity index (χ1) is 16.9. The van der Waals surface area contributed by atoms with Crippen LogP contribution in [0.4, 0.5) is 10.1 Å². The number of rotatable bonds is 9. The van der Waals surface area contributed by atoms with E-state index >= 15 is 0 Å². The van der Waals surface area contributed by atoms with E-state index in [-0.39, 0.29) is 17.0 Å². The summed E-state index contributed by atoms with van der Waals surface area (Å²) < 4.78 is 19.6. The Morgan fingerprint density at radius 1 is 1.11 bits per heavy atom. The Balaban J connectivity index is 1.31. The fourth-order valence-electron chi connectivity index (χ4n) is 3.89. The quantitative estimate of drug-likeness (QED) is 0.408. The second kappa shape index (κ2) is 11.2. The molecule has 35 heavy (non-hydrogen) atoms. The maximum absolute atomic E-state index is 14.0. The molecule has 182 valence electrons. The van der Waals surface area contributed by atoms with Crippen molar-refractivity contribution < 1.29 is 23.8 Å². The van der Waals surface area contributed by atoms with Gasteiger partial charge in [0, 0.05) is 18.7 Å². The van der Waals surface area contributed by atoms with Crippen LogP contribution in [0.25, 0.3) is 0 Å². The number of nitrogens with one attached hydrogen (secondary N) is 2. The number of hydrogen-bond donors (Lipinski definition) is 3. The van der Waals surface area contributed by atoms with Crippen molar-refractivity contribution in [1.82, 2.24) is 10.3 Å². The number of nitrogens with zero attached hydrogens (tertiary/aromatic N) is 1. The van der Waals surface area contributed by atoms with E-state index in [1.807, 2.05) is 36.4 Å². The number of anilines is 1. The van der Waals surface area contributed by atoms with Crippen LogP contribution in [0.15, 0.2) is 54.6 Å². The fraction of sp³-hybridized carbons (Fsp3) is 0.269. The number of aryl methyl sites for hydroxylation is 2. The van der Waals surface area contributed by atoms with Gasteiger partial charge in [-0.3, -0.25) is 4.79 Å². The molecule has 0 saturated heterocycles. The van der Waals surface area contributed by atoms with Crippen LogP contribution in [0.1, 0.15) is 33.6 Å². The molecule has 3 aromatic rings. The van der Waals surface area contributed by atoms with E-state index in [1.54, 1.807) is 0 Å². The molecule has 1 aliphatic heterocycles. The molecule has 2 heterocycles. The van der Waals surface area contributed by atoms with Gasteiger partial charge in [0.15, 0.2) is 0 Å². The average molecular weight is 498 g/mol. The summed E-state index contributed by atoms with van der Waals surface area (Å²) in [6.07, 6.45) is 2.60. The third-order valence-corrected chi connectivity index (χ3v) is 6.04. The highest BCUT2D eigenvalue weighted by Crippen LogP contribution is 2.25. The largest absolute Gasteiger partial charge is 0.480 e. The molecule has 0 aliphatic carbocycles. The molecule has 0 fully saturated rings. The van der Waals surface area contributed by atoms with Crippen molar-refractivity contribution in [2.24, 2.45) is 0 Å². The smallest absolute Gasteiger partial charge is 0.326 e. The number of aromatic nitrogens is 1. The lowest BCUT2D eigenvalue weighted by Gasteiger charge is -2.18. The van der Waals surface area contributed by atoms with Gasteiger partial charge in [-0.2, -0.15) is 0 Å². The lowest BCUT2D eigenvalue weighted by atomic mass is 10.0. The molecule has 1 atom stereocenters. The standard InChI is InChI=1S/C26H25ClFN3O4/c27-19-5-2-6-20(28)23(19)24(32)31-22(26(33)34)15-17-9-7-16(8-10-17)3-1-4-18-11-12-21-25(30-18)35-14-13-29-21/h2,5-12,22,29H,1,3-4,13-15H2,(H,31,32)(H,33,34)/t22-/m0/s1. The third kappa shape index (κ3) is 6.27. The van der Waals surface area contributed by atoms with Crippen molar-refractivity contribution in [3.8, 4) is 5.88 Å². The summed E-state index contributed by atoms with van der Waals surface area (Å²) in [7, 11) is 0. The molecular formula is C26H25ClFN3O4. The molecule has 0 unspecified atom stereocenters. The van der Waals surface area contributed by atoms with E-state index in [9.17, 15) is 19.1 Å². The number of halogens is 2. The molecule has 4 rings (SSSR count). The van der Waals surface area contributed by atoms with E-state index in [0.29, 0.717) is 12.5 Å². The topological polar surface area (TPSA) is 101 Å². The predicted molar refractivity (Wildman–Crippen MR) is 131 cm³/mol. The number of pyridine rings is 1. The highest BCUT2D eigenvalue weighted by Gasteiger charge is 2.24. The number of fused-ring (bicyclic) bond motifs is 1. The lowest BCUT2D eigenvalue weighted by molar-refractivity contribution is -0.139. The number of hydrogen-bond acceptors (Lipinski definition) is 5. The van der Waals surface area contributed by atoms with Gasteiger partial charge in [0.05, 0.1) is 16.3 Å². The van der Waals surface area contributed by atoms with Gasteiger partial charge in [-0.25, -0.2) is 14.2 Å². The molecule has 0 bridgehead atoms. The number of aliphatic carboxylic acids is 1. The summed E-state index contributed by atoms with van der Waals surface area (Å²) in [4.78, 5) is 28.7. The van der Waals surface area contributed by atoms with Gasteiger partial charge >= 0.3 is 5.97 Å². The average Bonchev–Trinajstić information content (AvgIpc) is 2.84. The molecule has 3 N–H and O–H groups in total. The van der Waals surface area contributed by atoms with Crippen LogP contribution in [0.3, 0.4) is 0 Å². The maximum atomic E-state index is 14.0. The summed E-state index contributed by atoms with van der Waals surface area (Å²) >= 11 is 5.92. The molecule has 1 aromatic heterocycles. The number of amides is 1. The molecule has 1 aliphatic rings. The van der Waals surface area contributed by atoms with Crippen molar-refractivity contribution >= 4 is 29.2 Å². The van der Waals surface area contributed by atoms with Crippen LogP contribution in [-0.4, -0.2) is 41.2 Å². The molecular weight excluding hydrogens is 473 g/mol. The minimum atomic E-state index is -1.23. The van der Waals surface area contributed by atoms with Crippen molar-refractivity contribution in [2.45, 2.75) is 31.7 Å². The number of carboxylic acid groups (broad SMARTS) is 1. The number of carboxylic acids is 1. The Morgan fingerprint density at radius 2 is 1.89 bits per heavy atom. The van der Waals surface area contributed by atoms with E-state index in [4.69, 9.17) is 16.3 Å². The van der Waals surface area contributed by atoms with Gasteiger partial charge in [0.25, 0.3) is 5.91 Å². The first-order valence-electron chi connectivity index (χ1n) is 11.3. The zero-order valence-electron chi connectivity index (χ0n) is 18.9. The van der Waals surface area contributed by atoms with Gasteiger partial charge in [-0.05, 0) is 54.7 Å². The number of ether oxygens (including phenoxy) is 1. The molecule has 0 spiro atoms. The summed E-state index contributed by atoms with van der Waals surface area (Å²) in [5, 5.41) is 15.1. The van der Waals surface area contributed by atoms with Gasteiger partial charge in [-0.15, -0.1) is 0 Å². The molecule has 0 saturated carbocycles. The second-order valence-corrected chi connectivity index (χ2v) is 8.67. The van der Waals surface area contributed by atoms with Gasteiger partial charge in [0.1, 0.15) is 18.5 Å². The summed E-state index contributed by atoms with van der Waals surface area (Å²) in [5.74, 6) is -2.24. The van der Waals surface area contributed by atoms with Crippen molar-refractivity contribution in [3.05, 3.63) is 87.8 Å². The maximum Gasteiger partial charge on any atom is 0.326 e. The SMILES string of the molecule is O=C(N[C@@H](Cc1ccc(CCCc2ccc3c(n2)OCCN3)cc1)C(=O)O)c1c(F)cccc1Cl. The Hall–Kier alpha value is -3.65. The Morgan fingerprint density at radius 3 is 2.63 bits per heavy atom. The summed E-state index contributed by atoms with van der Waals surface area (Å²) in [6.45, 7) is 1.39. The monoisotopic (exact) mass is 497 g/mol. The number of benzene rings is 2. The highest BCUT2D eigenvalue weighted by molar-refractivity contribution is 6.33. The van der Waals surface area contributed by atoms with Crippen molar-refractivity contribution in [3.63, 3.8) is 0 Å². The van der Waals surface area contributed by atoms with E-state index < -0.39 is 23.7 Å². The van der Waals surface area contributed by atoms with Crippen molar-refractivity contribution in [2.75, 3.05) is 18.5 Å². The second-order valence-electron chi connectivity index (χ2n) is 8.27. The van der Waals surface area contributed by atoms with Crippen LogP contribution in [-0.2, 0) is 24.1 Å². The normalized spacial score (nSPS) is 13.2. The molecule has 0 radical (unpaired) electrons. The molecule has 7 nitrogen and oxygen atoms in total. The Labute approximate surface area is 207 Å². The molecule has 2 aromatic carbocycles. The molecule has 9 heteroatoms. The zero-order chi connectivity index (χ0) is 24.8. The van der Waals surface area contributed by atoms with Crippen LogP contribution in [0.2, 0.25) is 5.02 Å². The predicted octanol–water partition coefficient (Wildman–Crippen LogP) is 4.28. The minimum absolute atomic E-state index is 0.0561. The number of carbonyl (C=O) groups excluding carboxylic acids is 1.